The maximum atomic E-state index is 5.93. The molecule has 1 atom stereocenters. The van der Waals surface area contributed by atoms with E-state index in [1.54, 1.807) is 0 Å². The number of rotatable bonds is 5. The minimum absolute atomic E-state index is 0. The first-order valence-corrected chi connectivity index (χ1v) is 7.53. The van der Waals surface area contributed by atoms with Gasteiger partial charge in [-0.25, -0.2) is 4.98 Å². The third-order valence-electron chi connectivity index (χ3n) is 3.19. The Hall–Kier alpha value is -1.43. The van der Waals surface area contributed by atoms with Gasteiger partial charge in [0.2, 0.25) is 0 Å². The number of nitrogens with two attached hydrogens (primary N) is 1. The number of nitrogens with zero attached hydrogens (tertiary/aromatic N) is 1. The number of aromatic nitrogens is 2. The van der Waals surface area contributed by atoms with Crippen LogP contribution in [-0.2, 0) is 6.42 Å². The standard InChI is InChI=1S/C15H17N3OS.ClH/c1-2-10(16)9-11-7-8-14(19-11)20-15-17-12-5-3-4-6-13(12)18-15;/h3-8,10H,2,9,16H2,1H3,(H,17,18);1H. The second-order valence-corrected chi connectivity index (χ2v) is 5.75. The van der Waals surface area contributed by atoms with Crippen molar-refractivity contribution in [2.45, 2.75) is 36.1 Å². The molecule has 3 rings (SSSR count). The van der Waals surface area contributed by atoms with E-state index in [1.807, 2.05) is 36.4 Å². The van der Waals surface area contributed by atoms with Crippen LogP contribution in [0.25, 0.3) is 11.0 Å². The normalized spacial score (nSPS) is 12.3. The Morgan fingerprint density at radius 1 is 1.29 bits per heavy atom. The molecule has 2 aromatic heterocycles. The van der Waals surface area contributed by atoms with Gasteiger partial charge in [0.15, 0.2) is 10.2 Å². The lowest BCUT2D eigenvalue weighted by atomic mass is 10.1. The first kappa shape index (κ1) is 15.9. The molecule has 0 aliphatic heterocycles. The van der Waals surface area contributed by atoms with Crippen molar-refractivity contribution < 1.29 is 4.42 Å². The average molecular weight is 324 g/mol. The lowest BCUT2D eigenvalue weighted by Crippen LogP contribution is -2.20. The number of halogens is 1. The van der Waals surface area contributed by atoms with Gasteiger partial charge in [0.1, 0.15) is 5.76 Å². The van der Waals surface area contributed by atoms with Gasteiger partial charge in [0.25, 0.3) is 0 Å². The van der Waals surface area contributed by atoms with Gasteiger partial charge in [-0.2, -0.15) is 0 Å². The van der Waals surface area contributed by atoms with Crippen molar-refractivity contribution >= 4 is 35.2 Å². The molecule has 3 aromatic rings. The van der Waals surface area contributed by atoms with E-state index in [9.17, 15) is 0 Å². The second kappa shape index (κ2) is 7.02. The van der Waals surface area contributed by atoms with Crippen LogP contribution in [0.4, 0.5) is 0 Å². The summed E-state index contributed by atoms with van der Waals surface area (Å²) in [5.41, 5.74) is 7.94. The van der Waals surface area contributed by atoms with Gasteiger partial charge in [-0.15, -0.1) is 12.4 Å². The maximum absolute atomic E-state index is 5.93. The highest BCUT2D eigenvalue weighted by atomic mass is 35.5. The number of fused-ring (bicyclic) bond motifs is 1. The molecule has 0 saturated heterocycles. The molecule has 6 heteroatoms. The molecular weight excluding hydrogens is 306 g/mol. The highest BCUT2D eigenvalue weighted by Gasteiger charge is 2.10. The molecule has 1 unspecified atom stereocenters. The highest BCUT2D eigenvalue weighted by molar-refractivity contribution is 7.99. The van der Waals surface area contributed by atoms with E-state index in [-0.39, 0.29) is 18.4 Å². The van der Waals surface area contributed by atoms with Crippen LogP contribution in [0, 0.1) is 0 Å². The van der Waals surface area contributed by atoms with Crippen molar-refractivity contribution in [3.8, 4) is 0 Å². The van der Waals surface area contributed by atoms with Crippen LogP contribution in [0.5, 0.6) is 0 Å². The highest BCUT2D eigenvalue weighted by Crippen LogP contribution is 2.29. The number of aromatic amines is 1. The lowest BCUT2D eigenvalue weighted by molar-refractivity contribution is 0.415. The van der Waals surface area contributed by atoms with E-state index < -0.39 is 0 Å². The molecule has 1 aromatic carbocycles. The zero-order valence-electron chi connectivity index (χ0n) is 11.7. The Morgan fingerprint density at radius 2 is 2.10 bits per heavy atom. The summed E-state index contributed by atoms with van der Waals surface area (Å²) in [7, 11) is 0. The summed E-state index contributed by atoms with van der Waals surface area (Å²) in [6.45, 7) is 2.08. The summed E-state index contributed by atoms with van der Waals surface area (Å²) in [6, 6.07) is 12.1. The van der Waals surface area contributed by atoms with E-state index in [4.69, 9.17) is 10.2 Å². The fraction of sp³-hybridized carbons (Fsp3) is 0.267. The van der Waals surface area contributed by atoms with Crippen LogP contribution in [-0.4, -0.2) is 16.0 Å². The molecule has 0 spiro atoms. The molecule has 2 heterocycles. The van der Waals surface area contributed by atoms with Crippen molar-refractivity contribution in [2.75, 3.05) is 0 Å². The zero-order chi connectivity index (χ0) is 13.9. The summed E-state index contributed by atoms with van der Waals surface area (Å²) in [5, 5.41) is 1.68. The molecule has 0 amide bonds. The number of imidazole rings is 1. The Kier molecular flexibility index (Phi) is 5.33. The van der Waals surface area contributed by atoms with E-state index >= 15 is 0 Å². The SMILES string of the molecule is CCC(N)Cc1ccc(Sc2nc3ccccc3[nH]2)o1.Cl. The van der Waals surface area contributed by atoms with E-state index in [0.717, 1.165) is 39.9 Å². The molecular formula is C15H18ClN3OS. The molecule has 21 heavy (non-hydrogen) atoms. The van der Waals surface area contributed by atoms with Gasteiger partial charge in [-0.05, 0) is 42.4 Å². The van der Waals surface area contributed by atoms with Crippen molar-refractivity contribution in [3.05, 3.63) is 42.2 Å². The number of H-pyrrole nitrogens is 1. The molecule has 0 radical (unpaired) electrons. The summed E-state index contributed by atoms with van der Waals surface area (Å²) in [5.74, 6) is 0.929. The van der Waals surface area contributed by atoms with Gasteiger partial charge in [-0.3, -0.25) is 0 Å². The number of hydrogen-bond donors (Lipinski definition) is 2. The fourth-order valence-corrected chi connectivity index (χ4v) is 2.78. The van der Waals surface area contributed by atoms with Crippen molar-refractivity contribution in [3.63, 3.8) is 0 Å². The maximum Gasteiger partial charge on any atom is 0.174 e. The van der Waals surface area contributed by atoms with Gasteiger partial charge < -0.3 is 15.1 Å². The quantitative estimate of drug-likeness (QED) is 0.744. The minimum atomic E-state index is 0. The summed E-state index contributed by atoms with van der Waals surface area (Å²) in [6.07, 6.45) is 1.73. The molecule has 4 nitrogen and oxygen atoms in total. The van der Waals surface area contributed by atoms with Crippen LogP contribution in [0.3, 0.4) is 0 Å². The van der Waals surface area contributed by atoms with Crippen LogP contribution in [0.1, 0.15) is 19.1 Å². The molecule has 3 N–H and O–H groups in total. The van der Waals surface area contributed by atoms with E-state index in [2.05, 4.69) is 16.9 Å². The van der Waals surface area contributed by atoms with Crippen molar-refractivity contribution in [1.29, 1.82) is 0 Å². The predicted octanol–water partition coefficient (Wildman–Crippen LogP) is 4.01. The molecule has 0 bridgehead atoms. The topological polar surface area (TPSA) is 67.8 Å². The van der Waals surface area contributed by atoms with E-state index in [1.165, 1.54) is 11.8 Å². The number of para-hydroxylation sites is 2. The monoisotopic (exact) mass is 323 g/mol. The lowest BCUT2D eigenvalue weighted by Gasteiger charge is -2.04. The number of benzene rings is 1. The summed E-state index contributed by atoms with van der Waals surface area (Å²) < 4.78 is 5.78. The van der Waals surface area contributed by atoms with Gasteiger partial charge >= 0.3 is 0 Å². The second-order valence-electron chi connectivity index (χ2n) is 4.75. The zero-order valence-corrected chi connectivity index (χ0v) is 13.3. The largest absolute Gasteiger partial charge is 0.454 e. The molecule has 0 aliphatic carbocycles. The molecule has 0 saturated carbocycles. The third-order valence-corrected chi connectivity index (χ3v) is 4.00. The van der Waals surface area contributed by atoms with Crippen LogP contribution in [0.2, 0.25) is 0 Å². The van der Waals surface area contributed by atoms with E-state index in [0.29, 0.717) is 0 Å². The van der Waals surface area contributed by atoms with Gasteiger partial charge in [-0.1, -0.05) is 19.1 Å². The summed E-state index contributed by atoms with van der Waals surface area (Å²) >= 11 is 1.49. The molecule has 0 fully saturated rings. The van der Waals surface area contributed by atoms with Gasteiger partial charge in [0, 0.05) is 12.5 Å². The first-order valence-electron chi connectivity index (χ1n) is 6.71. The van der Waals surface area contributed by atoms with Crippen molar-refractivity contribution in [2.24, 2.45) is 5.73 Å². The number of furan rings is 1. The molecule has 112 valence electrons. The van der Waals surface area contributed by atoms with Crippen LogP contribution < -0.4 is 5.73 Å². The van der Waals surface area contributed by atoms with Crippen LogP contribution >= 0.6 is 24.2 Å². The number of nitrogens with one attached hydrogen (secondary N) is 1. The van der Waals surface area contributed by atoms with Crippen LogP contribution in [0.15, 0.2) is 51.1 Å². The first-order chi connectivity index (χ1) is 9.74. The fourth-order valence-electron chi connectivity index (χ4n) is 2.00. The Labute approximate surface area is 133 Å². The number of hydrogen-bond acceptors (Lipinski definition) is 4. The van der Waals surface area contributed by atoms with Gasteiger partial charge in [0.05, 0.1) is 11.0 Å². The minimum Gasteiger partial charge on any atom is -0.454 e. The molecule has 0 aliphatic rings. The Balaban J connectivity index is 0.00000161. The smallest absolute Gasteiger partial charge is 0.174 e. The predicted molar refractivity (Wildman–Crippen MR) is 88.1 cm³/mol. The van der Waals surface area contributed by atoms with Crippen molar-refractivity contribution in [1.82, 2.24) is 9.97 Å². The Morgan fingerprint density at radius 3 is 2.86 bits per heavy atom. The summed E-state index contributed by atoms with van der Waals surface area (Å²) in [4.78, 5) is 7.79. The average Bonchev–Trinajstić information content (AvgIpc) is 3.05. The third kappa shape index (κ3) is 3.81. The Bertz CT molecular complexity index is 677.